The van der Waals surface area contributed by atoms with E-state index in [1.165, 1.54) is 0 Å². The van der Waals surface area contributed by atoms with Crippen LogP contribution in [-0.2, 0) is 0 Å². The molecule has 0 radical (unpaired) electrons. The molecule has 8 nitrogen and oxygen atoms in total. The van der Waals surface area contributed by atoms with Crippen molar-refractivity contribution >= 4 is 46.6 Å². The lowest BCUT2D eigenvalue weighted by Crippen LogP contribution is -2.50. The lowest BCUT2D eigenvalue weighted by atomic mass is 10.0. The maximum absolute atomic E-state index is 13.6. The van der Waals surface area contributed by atoms with Gasteiger partial charge in [0.25, 0.3) is 11.8 Å². The number of halogens is 2. The van der Waals surface area contributed by atoms with Gasteiger partial charge < -0.3 is 9.80 Å². The van der Waals surface area contributed by atoms with Crippen molar-refractivity contribution in [3.05, 3.63) is 165 Å². The summed E-state index contributed by atoms with van der Waals surface area (Å²) in [6.07, 6.45) is 3.27. The van der Waals surface area contributed by atoms with E-state index in [9.17, 15) is 19.2 Å². The summed E-state index contributed by atoms with van der Waals surface area (Å²) in [6.45, 7) is 2.06. The van der Waals surface area contributed by atoms with Gasteiger partial charge in [-0.15, -0.1) is 0 Å². The van der Waals surface area contributed by atoms with Gasteiger partial charge in [-0.2, -0.15) is 0 Å². The van der Waals surface area contributed by atoms with Gasteiger partial charge in [0.1, 0.15) is 0 Å². The van der Waals surface area contributed by atoms with Crippen molar-refractivity contribution in [3.63, 3.8) is 0 Å². The van der Waals surface area contributed by atoms with E-state index in [1.54, 1.807) is 119 Å². The van der Waals surface area contributed by atoms with Gasteiger partial charge in [-0.05, 0) is 72.8 Å². The first-order chi connectivity index (χ1) is 23.2. The molecule has 0 spiro atoms. The molecule has 0 fully saturated rings. The number of carbonyl (C=O) groups excluding carboxylic acids is 4. The van der Waals surface area contributed by atoms with E-state index in [4.69, 9.17) is 23.2 Å². The Balaban J connectivity index is 1.23. The Morgan fingerprint density at radius 1 is 0.479 bits per heavy atom. The highest BCUT2D eigenvalue weighted by atomic mass is 35.5. The van der Waals surface area contributed by atoms with Gasteiger partial charge in [-0.1, -0.05) is 59.6 Å². The van der Waals surface area contributed by atoms with Crippen molar-refractivity contribution in [2.45, 2.75) is 0 Å². The minimum atomic E-state index is -0.224. The zero-order chi connectivity index (χ0) is 33.6. The molecule has 2 amide bonds. The van der Waals surface area contributed by atoms with E-state index >= 15 is 0 Å². The highest BCUT2D eigenvalue weighted by Crippen LogP contribution is 2.22. The van der Waals surface area contributed by atoms with Crippen LogP contribution in [0.3, 0.4) is 0 Å². The van der Waals surface area contributed by atoms with Gasteiger partial charge in [-0.25, -0.2) is 0 Å². The molecule has 6 rings (SSSR count). The fourth-order valence-electron chi connectivity index (χ4n) is 5.71. The second kappa shape index (κ2) is 14.9. The van der Waals surface area contributed by atoms with Crippen molar-refractivity contribution in [1.82, 2.24) is 19.6 Å². The van der Waals surface area contributed by atoms with Crippen LogP contribution in [0.15, 0.2) is 133 Å². The van der Waals surface area contributed by atoms with Crippen LogP contribution in [0.1, 0.15) is 41.4 Å². The second-order valence-electron chi connectivity index (χ2n) is 11.7. The van der Waals surface area contributed by atoms with E-state index in [1.807, 2.05) is 21.9 Å². The average Bonchev–Trinajstić information content (AvgIpc) is 3.14. The third kappa shape index (κ3) is 7.81. The minimum Gasteiger partial charge on any atom is -0.301 e. The molecular weight excluding hydrogens is 647 g/mol. The fourth-order valence-corrected chi connectivity index (χ4v) is 5.96. The number of benzene rings is 4. The Bertz CT molecular complexity index is 1740. The molecule has 0 aromatic heterocycles. The summed E-state index contributed by atoms with van der Waals surface area (Å²) >= 11 is 12.1. The summed E-state index contributed by atoms with van der Waals surface area (Å²) < 4.78 is 0. The SMILES string of the molecule is O=C(C1=CN(C(=O)c2ccccc2)CN(CCN2CC(C(=O)c3ccc(Cl)cc3)=CN(C(=O)c3ccccc3)C2)C1)c1ccc(Cl)cc1. The van der Waals surface area contributed by atoms with Crippen LogP contribution in [0, 0.1) is 0 Å². The van der Waals surface area contributed by atoms with Crippen LogP contribution in [0.4, 0.5) is 0 Å². The summed E-state index contributed by atoms with van der Waals surface area (Å²) in [5.74, 6) is -0.839. The smallest absolute Gasteiger partial charge is 0.258 e. The van der Waals surface area contributed by atoms with Crippen LogP contribution in [0.25, 0.3) is 0 Å². The molecule has 0 atom stereocenters. The number of rotatable bonds is 9. The molecule has 2 aliphatic rings. The summed E-state index contributed by atoms with van der Waals surface area (Å²) in [5, 5.41) is 1.05. The molecule has 0 saturated carbocycles. The van der Waals surface area contributed by atoms with Crippen molar-refractivity contribution in [2.75, 3.05) is 39.5 Å². The van der Waals surface area contributed by atoms with Gasteiger partial charge >= 0.3 is 0 Å². The van der Waals surface area contributed by atoms with E-state index in [0.29, 0.717) is 69.6 Å². The van der Waals surface area contributed by atoms with E-state index in [0.717, 1.165) is 0 Å². The first kappa shape index (κ1) is 33.1. The normalized spacial score (nSPS) is 15.5. The lowest BCUT2D eigenvalue weighted by Gasteiger charge is -2.38. The Kier molecular flexibility index (Phi) is 10.3. The molecule has 0 unspecified atom stereocenters. The molecule has 0 bridgehead atoms. The largest absolute Gasteiger partial charge is 0.301 e. The Morgan fingerprint density at radius 2 is 0.833 bits per heavy atom. The molecule has 2 aliphatic heterocycles. The first-order valence-corrected chi connectivity index (χ1v) is 16.2. The molecule has 10 heteroatoms. The minimum absolute atomic E-state index is 0.196. The lowest BCUT2D eigenvalue weighted by molar-refractivity contribution is 0.0612. The highest BCUT2D eigenvalue weighted by molar-refractivity contribution is 6.31. The number of Topliss-reactive ketones (excluding diaryl/α,β-unsaturated/α-hetero) is 2. The maximum Gasteiger partial charge on any atom is 0.258 e. The number of nitrogens with zero attached hydrogens (tertiary/aromatic N) is 4. The monoisotopic (exact) mass is 678 g/mol. The fraction of sp³-hybridized carbons (Fsp3) is 0.158. The van der Waals surface area contributed by atoms with Crippen molar-refractivity contribution < 1.29 is 19.2 Å². The molecule has 2 heterocycles. The Morgan fingerprint density at radius 3 is 1.19 bits per heavy atom. The standard InChI is InChI=1S/C38H32Cl2N4O4/c39-33-15-11-27(12-16-33)35(45)31-21-41(25-43(23-31)37(47)29-7-3-1-4-8-29)19-20-42-22-32(36(46)28-13-17-34(40)18-14-28)24-44(26-42)38(48)30-9-5-2-6-10-30/h1-18,23-24H,19-22,25-26H2. The van der Waals surface area contributed by atoms with Gasteiger partial charge in [-0.3, -0.25) is 29.0 Å². The number of ketones is 2. The Hall–Kier alpha value is -4.86. The average molecular weight is 680 g/mol. The molecular formula is C38H32Cl2N4O4. The predicted molar refractivity (Wildman–Crippen MR) is 186 cm³/mol. The van der Waals surface area contributed by atoms with Crippen LogP contribution in [-0.4, -0.2) is 82.5 Å². The van der Waals surface area contributed by atoms with E-state index in [-0.39, 0.29) is 36.7 Å². The topological polar surface area (TPSA) is 81.2 Å². The summed E-state index contributed by atoms with van der Waals surface area (Å²) in [6, 6.07) is 31.2. The molecule has 242 valence electrons. The molecule has 4 aromatic carbocycles. The zero-order valence-electron chi connectivity index (χ0n) is 26.0. The van der Waals surface area contributed by atoms with Crippen LogP contribution in [0.5, 0.6) is 0 Å². The third-order valence-electron chi connectivity index (χ3n) is 8.21. The summed E-state index contributed by atoms with van der Waals surface area (Å²) in [5.41, 5.74) is 2.89. The molecule has 48 heavy (non-hydrogen) atoms. The second-order valence-corrected chi connectivity index (χ2v) is 12.5. The van der Waals surface area contributed by atoms with Gasteiger partial charge in [0, 0.05) is 82.0 Å². The van der Waals surface area contributed by atoms with Crippen LogP contribution < -0.4 is 0 Å². The zero-order valence-corrected chi connectivity index (χ0v) is 27.5. The molecule has 0 saturated heterocycles. The number of hydrogen-bond acceptors (Lipinski definition) is 6. The maximum atomic E-state index is 13.6. The van der Waals surface area contributed by atoms with Crippen LogP contribution in [0.2, 0.25) is 10.0 Å². The first-order valence-electron chi connectivity index (χ1n) is 15.4. The van der Waals surface area contributed by atoms with E-state index in [2.05, 4.69) is 0 Å². The van der Waals surface area contributed by atoms with Gasteiger partial charge in [0.15, 0.2) is 11.6 Å². The Labute approximate surface area is 289 Å². The highest BCUT2D eigenvalue weighted by Gasteiger charge is 2.30. The van der Waals surface area contributed by atoms with Crippen LogP contribution >= 0.6 is 23.2 Å². The number of hydrogen-bond donors (Lipinski definition) is 0. The van der Waals surface area contributed by atoms with Crippen molar-refractivity contribution in [2.24, 2.45) is 0 Å². The summed E-state index contributed by atoms with van der Waals surface area (Å²) in [4.78, 5) is 61.5. The molecule has 4 aromatic rings. The van der Waals surface area contributed by atoms with Crippen molar-refractivity contribution in [3.8, 4) is 0 Å². The number of carbonyl (C=O) groups is 4. The van der Waals surface area contributed by atoms with Gasteiger partial charge in [0.2, 0.25) is 0 Å². The molecule has 0 aliphatic carbocycles. The van der Waals surface area contributed by atoms with Crippen molar-refractivity contribution in [1.29, 1.82) is 0 Å². The summed E-state index contributed by atoms with van der Waals surface area (Å²) in [7, 11) is 0. The molecule has 0 N–H and O–H groups in total. The van der Waals surface area contributed by atoms with E-state index < -0.39 is 0 Å². The third-order valence-corrected chi connectivity index (χ3v) is 8.71. The van der Waals surface area contributed by atoms with Gasteiger partial charge in [0.05, 0.1) is 13.3 Å². The predicted octanol–water partition coefficient (Wildman–Crippen LogP) is 6.66. The quantitative estimate of drug-likeness (QED) is 0.184. The number of amides is 2.